The first kappa shape index (κ1) is 19.1. The van der Waals surface area contributed by atoms with Crippen LogP contribution in [0.3, 0.4) is 0 Å². The van der Waals surface area contributed by atoms with Gasteiger partial charge in [0.05, 0.1) is 0 Å². The zero-order chi connectivity index (χ0) is 19.1. The Balaban J connectivity index is 2.06. The molecule has 0 saturated heterocycles. The first-order valence-corrected chi connectivity index (χ1v) is 7.76. The quantitative estimate of drug-likeness (QED) is 0.759. The van der Waals surface area contributed by atoms with E-state index in [0.29, 0.717) is 16.9 Å². The van der Waals surface area contributed by atoms with E-state index in [4.69, 9.17) is 0 Å². The molecule has 0 bridgehead atoms. The van der Waals surface area contributed by atoms with Gasteiger partial charge in [0, 0.05) is 29.9 Å². The van der Waals surface area contributed by atoms with Crippen LogP contribution < -0.4 is 15.4 Å². The number of ether oxygens (including phenoxy) is 1. The highest BCUT2D eigenvalue weighted by atomic mass is 19.3. The highest BCUT2D eigenvalue weighted by Crippen LogP contribution is 2.22. The van der Waals surface area contributed by atoms with Crippen molar-refractivity contribution >= 4 is 29.3 Å². The van der Waals surface area contributed by atoms with Crippen molar-refractivity contribution in [2.24, 2.45) is 0 Å². The molecular weight excluding hydrogens is 342 g/mol. The molecule has 2 rings (SSSR count). The van der Waals surface area contributed by atoms with Gasteiger partial charge in [0.25, 0.3) is 0 Å². The molecule has 0 saturated carbocycles. The molecule has 0 atom stereocenters. The number of amides is 2. The molecule has 136 valence electrons. The van der Waals surface area contributed by atoms with Crippen LogP contribution in [0.4, 0.5) is 20.2 Å². The van der Waals surface area contributed by atoms with E-state index in [1.807, 2.05) is 0 Å². The van der Waals surface area contributed by atoms with Crippen LogP contribution >= 0.6 is 0 Å². The fourth-order valence-corrected chi connectivity index (χ4v) is 2.24. The first-order valence-electron chi connectivity index (χ1n) is 7.76. The predicted molar refractivity (Wildman–Crippen MR) is 96.2 cm³/mol. The summed E-state index contributed by atoms with van der Waals surface area (Å²) in [5.41, 5.74) is 2.35. The molecule has 2 aromatic carbocycles. The number of hydrogen-bond donors (Lipinski definition) is 2. The van der Waals surface area contributed by atoms with E-state index in [1.165, 1.54) is 25.1 Å². The Labute approximate surface area is 149 Å². The van der Waals surface area contributed by atoms with Crippen LogP contribution in [-0.4, -0.2) is 18.4 Å². The molecule has 26 heavy (non-hydrogen) atoms. The summed E-state index contributed by atoms with van der Waals surface area (Å²) >= 11 is 0. The third-order valence-electron chi connectivity index (χ3n) is 3.35. The first-order chi connectivity index (χ1) is 12.3. The minimum Gasteiger partial charge on any atom is -0.434 e. The molecular formula is C19H18F2N2O3. The van der Waals surface area contributed by atoms with E-state index < -0.39 is 12.5 Å². The molecule has 0 aliphatic rings. The van der Waals surface area contributed by atoms with Crippen LogP contribution in [0.1, 0.15) is 18.1 Å². The molecule has 0 radical (unpaired) electrons. The lowest BCUT2D eigenvalue weighted by Crippen LogP contribution is -2.10. The van der Waals surface area contributed by atoms with Crippen molar-refractivity contribution in [2.45, 2.75) is 20.5 Å². The Bertz CT molecular complexity index is 835. The molecule has 0 fully saturated rings. The molecule has 2 N–H and O–H groups in total. The van der Waals surface area contributed by atoms with Crippen molar-refractivity contribution in [3.05, 3.63) is 59.7 Å². The zero-order valence-electron chi connectivity index (χ0n) is 14.3. The highest BCUT2D eigenvalue weighted by Gasteiger charge is 2.08. The van der Waals surface area contributed by atoms with Crippen molar-refractivity contribution in [3.8, 4) is 5.75 Å². The number of anilines is 2. The van der Waals surface area contributed by atoms with E-state index in [-0.39, 0.29) is 11.7 Å². The van der Waals surface area contributed by atoms with Gasteiger partial charge in [0.2, 0.25) is 11.8 Å². The third kappa shape index (κ3) is 5.70. The molecule has 2 aromatic rings. The van der Waals surface area contributed by atoms with Crippen molar-refractivity contribution in [1.82, 2.24) is 0 Å². The smallest absolute Gasteiger partial charge is 0.387 e. The zero-order valence-corrected chi connectivity index (χ0v) is 14.3. The molecule has 0 heterocycles. The van der Waals surface area contributed by atoms with Crippen LogP contribution in [0.25, 0.3) is 6.08 Å². The standard InChI is InChI=1S/C19H18F2N2O3/c1-12-11-15(8-9-16(12)22-13(2)24)23-18(25)10-7-14-5-3-4-6-17(14)26-19(20)21/h3-11,19H,1-2H3,(H,22,24)(H,23,25)/b10-7+. The van der Waals surface area contributed by atoms with Gasteiger partial charge in [0.15, 0.2) is 0 Å². The van der Waals surface area contributed by atoms with Crippen LogP contribution in [0.15, 0.2) is 48.5 Å². The number of halogens is 2. The number of rotatable bonds is 6. The maximum absolute atomic E-state index is 12.4. The van der Waals surface area contributed by atoms with Gasteiger partial charge in [-0.3, -0.25) is 9.59 Å². The normalized spacial score (nSPS) is 10.8. The second-order valence-electron chi connectivity index (χ2n) is 5.45. The van der Waals surface area contributed by atoms with E-state index in [0.717, 1.165) is 5.56 Å². The molecule has 2 amide bonds. The summed E-state index contributed by atoms with van der Waals surface area (Å²) in [5.74, 6) is -0.622. The monoisotopic (exact) mass is 360 g/mol. The van der Waals surface area contributed by atoms with E-state index in [1.54, 1.807) is 43.3 Å². The van der Waals surface area contributed by atoms with Gasteiger partial charge in [0.1, 0.15) is 5.75 Å². The molecule has 7 heteroatoms. The number of hydrogen-bond acceptors (Lipinski definition) is 3. The number of carbonyl (C=O) groups is 2. The Hall–Kier alpha value is -3.22. The number of carbonyl (C=O) groups excluding carboxylic acids is 2. The van der Waals surface area contributed by atoms with Crippen LogP contribution in [-0.2, 0) is 9.59 Å². The summed E-state index contributed by atoms with van der Waals surface area (Å²) < 4.78 is 29.2. The summed E-state index contributed by atoms with van der Waals surface area (Å²) in [4.78, 5) is 23.1. The topological polar surface area (TPSA) is 67.4 Å². The summed E-state index contributed by atoms with van der Waals surface area (Å²) in [6.07, 6.45) is 2.62. The van der Waals surface area contributed by atoms with Gasteiger partial charge in [-0.15, -0.1) is 0 Å². The summed E-state index contributed by atoms with van der Waals surface area (Å²) in [5, 5.41) is 5.35. The van der Waals surface area contributed by atoms with Crippen LogP contribution in [0.2, 0.25) is 0 Å². The number of alkyl halides is 2. The molecule has 0 aromatic heterocycles. The molecule has 0 aliphatic heterocycles. The maximum atomic E-state index is 12.4. The SMILES string of the molecule is CC(=O)Nc1ccc(NC(=O)/C=C/c2ccccc2OC(F)F)cc1C. The summed E-state index contributed by atoms with van der Waals surface area (Å²) in [7, 11) is 0. The Morgan fingerprint density at radius 1 is 1.12 bits per heavy atom. The number of para-hydroxylation sites is 1. The third-order valence-corrected chi connectivity index (χ3v) is 3.35. The second-order valence-corrected chi connectivity index (χ2v) is 5.45. The van der Waals surface area contributed by atoms with Gasteiger partial charge in [-0.2, -0.15) is 8.78 Å². The average Bonchev–Trinajstić information content (AvgIpc) is 2.56. The minimum atomic E-state index is -2.94. The number of aryl methyl sites for hydroxylation is 1. The van der Waals surface area contributed by atoms with Gasteiger partial charge in [-0.05, 0) is 42.8 Å². The van der Waals surface area contributed by atoms with Gasteiger partial charge < -0.3 is 15.4 Å². The number of benzene rings is 2. The summed E-state index contributed by atoms with van der Waals surface area (Å²) in [6.45, 7) is 0.271. The average molecular weight is 360 g/mol. The maximum Gasteiger partial charge on any atom is 0.387 e. The van der Waals surface area contributed by atoms with Gasteiger partial charge in [-0.25, -0.2) is 0 Å². The Morgan fingerprint density at radius 3 is 2.50 bits per heavy atom. The molecule has 0 aliphatic carbocycles. The lowest BCUT2D eigenvalue weighted by Gasteiger charge is -2.09. The van der Waals surface area contributed by atoms with Crippen molar-refractivity contribution < 1.29 is 23.1 Å². The van der Waals surface area contributed by atoms with Crippen molar-refractivity contribution in [1.29, 1.82) is 0 Å². The molecule has 0 unspecified atom stereocenters. The van der Waals surface area contributed by atoms with Crippen molar-refractivity contribution in [3.63, 3.8) is 0 Å². The summed E-state index contributed by atoms with van der Waals surface area (Å²) in [6, 6.07) is 11.2. The van der Waals surface area contributed by atoms with Crippen LogP contribution in [0, 0.1) is 6.92 Å². The van der Waals surface area contributed by atoms with Gasteiger partial charge >= 0.3 is 6.61 Å². The highest BCUT2D eigenvalue weighted by molar-refractivity contribution is 6.02. The fraction of sp³-hybridized carbons (Fsp3) is 0.158. The largest absolute Gasteiger partial charge is 0.434 e. The van der Waals surface area contributed by atoms with Crippen molar-refractivity contribution in [2.75, 3.05) is 10.6 Å². The molecule has 0 spiro atoms. The predicted octanol–water partition coefficient (Wildman–Crippen LogP) is 4.21. The lowest BCUT2D eigenvalue weighted by atomic mass is 10.1. The Morgan fingerprint density at radius 2 is 1.85 bits per heavy atom. The fourth-order valence-electron chi connectivity index (χ4n) is 2.24. The minimum absolute atomic E-state index is 0.0120. The number of nitrogens with one attached hydrogen (secondary N) is 2. The second kappa shape index (κ2) is 8.75. The van der Waals surface area contributed by atoms with E-state index in [9.17, 15) is 18.4 Å². The Kier molecular flexibility index (Phi) is 6.43. The van der Waals surface area contributed by atoms with Gasteiger partial charge in [-0.1, -0.05) is 18.2 Å². The van der Waals surface area contributed by atoms with E-state index >= 15 is 0 Å². The lowest BCUT2D eigenvalue weighted by molar-refractivity contribution is -0.114. The van der Waals surface area contributed by atoms with E-state index in [2.05, 4.69) is 15.4 Å². The molecule has 5 nitrogen and oxygen atoms in total. The van der Waals surface area contributed by atoms with Crippen LogP contribution in [0.5, 0.6) is 5.75 Å².